The van der Waals surface area contributed by atoms with Crippen molar-refractivity contribution in [1.29, 1.82) is 0 Å². The fraction of sp³-hybridized carbons (Fsp3) is 0.571. The Balaban J connectivity index is 1.78. The zero-order chi connectivity index (χ0) is 14.3. The highest BCUT2D eigenvalue weighted by molar-refractivity contribution is 7.10. The van der Waals surface area contributed by atoms with Gasteiger partial charge in [0.25, 0.3) is 0 Å². The molecule has 0 aromatic carbocycles. The van der Waals surface area contributed by atoms with Crippen molar-refractivity contribution in [2.24, 2.45) is 0 Å². The van der Waals surface area contributed by atoms with Crippen LogP contribution in [-0.2, 0) is 11.2 Å². The van der Waals surface area contributed by atoms with E-state index in [0.29, 0.717) is 6.54 Å². The van der Waals surface area contributed by atoms with Crippen molar-refractivity contribution in [1.82, 2.24) is 9.80 Å². The lowest BCUT2D eigenvalue weighted by Gasteiger charge is -2.37. The van der Waals surface area contributed by atoms with Gasteiger partial charge in [0.05, 0.1) is 6.04 Å². The number of nitrogens with zero attached hydrogens (tertiary/aromatic N) is 2. The zero-order valence-corrected chi connectivity index (χ0v) is 12.2. The molecular formula is C14H18N2O3S. The van der Waals surface area contributed by atoms with Crippen molar-refractivity contribution in [2.75, 3.05) is 13.1 Å². The summed E-state index contributed by atoms with van der Waals surface area (Å²) in [5.41, 5.74) is 1.21. The predicted molar refractivity (Wildman–Crippen MR) is 75.9 cm³/mol. The predicted octanol–water partition coefficient (Wildman–Crippen LogP) is 2.34. The minimum atomic E-state index is -0.939. The second-order valence-electron chi connectivity index (χ2n) is 5.45. The normalized spacial score (nSPS) is 21.4. The zero-order valence-electron chi connectivity index (χ0n) is 11.4. The van der Waals surface area contributed by atoms with Gasteiger partial charge in [-0.25, -0.2) is 4.79 Å². The molecule has 1 aromatic heterocycles. The maximum Gasteiger partial charge on any atom is 0.323 e. The van der Waals surface area contributed by atoms with E-state index in [1.807, 2.05) is 11.8 Å². The first kappa shape index (κ1) is 13.4. The second kappa shape index (κ2) is 5.09. The molecule has 2 aliphatic rings. The number of carboxylic acid groups (broad SMARTS) is 1. The summed E-state index contributed by atoms with van der Waals surface area (Å²) in [5.74, 6) is -0.939. The third-order valence-corrected chi connectivity index (χ3v) is 5.06. The summed E-state index contributed by atoms with van der Waals surface area (Å²) < 4.78 is 0. The Morgan fingerprint density at radius 3 is 2.90 bits per heavy atom. The molecule has 0 spiro atoms. The van der Waals surface area contributed by atoms with E-state index in [1.54, 1.807) is 11.3 Å². The van der Waals surface area contributed by atoms with Crippen molar-refractivity contribution in [3.8, 4) is 0 Å². The first-order chi connectivity index (χ1) is 9.58. The van der Waals surface area contributed by atoms with Crippen LogP contribution in [0.3, 0.4) is 0 Å². The molecule has 3 rings (SSSR count). The van der Waals surface area contributed by atoms with Gasteiger partial charge in [-0.1, -0.05) is 0 Å². The number of fused-ring (bicyclic) bond motifs is 1. The van der Waals surface area contributed by atoms with Gasteiger partial charge < -0.3 is 14.9 Å². The Morgan fingerprint density at radius 1 is 1.50 bits per heavy atom. The second-order valence-corrected chi connectivity index (χ2v) is 6.45. The van der Waals surface area contributed by atoms with Gasteiger partial charge in [0.2, 0.25) is 0 Å². The average molecular weight is 294 g/mol. The first-order valence-corrected chi connectivity index (χ1v) is 7.81. The van der Waals surface area contributed by atoms with Crippen LogP contribution in [0.4, 0.5) is 4.79 Å². The quantitative estimate of drug-likeness (QED) is 0.930. The Kier molecular flexibility index (Phi) is 3.41. The molecule has 108 valence electrons. The van der Waals surface area contributed by atoms with Gasteiger partial charge in [-0.15, -0.1) is 11.3 Å². The Labute approximate surface area is 121 Å². The number of hydrogen-bond acceptors (Lipinski definition) is 3. The summed E-state index contributed by atoms with van der Waals surface area (Å²) in [6.07, 6.45) is 2.71. The number of thiophene rings is 1. The van der Waals surface area contributed by atoms with E-state index in [0.717, 1.165) is 19.3 Å². The van der Waals surface area contributed by atoms with Crippen LogP contribution in [0.15, 0.2) is 11.4 Å². The van der Waals surface area contributed by atoms with E-state index in [1.165, 1.54) is 15.3 Å². The SMILES string of the molecule is CC1c2ccsc2CCN1C(=O)N(CC(=O)O)C1CC1. The van der Waals surface area contributed by atoms with Crippen LogP contribution in [0.2, 0.25) is 0 Å². The van der Waals surface area contributed by atoms with E-state index >= 15 is 0 Å². The molecule has 2 amide bonds. The van der Waals surface area contributed by atoms with E-state index in [2.05, 4.69) is 11.4 Å². The lowest BCUT2D eigenvalue weighted by Crippen LogP contribution is -2.49. The van der Waals surface area contributed by atoms with Gasteiger partial charge in [0.15, 0.2) is 0 Å². The van der Waals surface area contributed by atoms with Crippen LogP contribution in [-0.4, -0.2) is 46.0 Å². The van der Waals surface area contributed by atoms with Gasteiger partial charge in [-0.3, -0.25) is 4.79 Å². The monoisotopic (exact) mass is 294 g/mol. The number of carbonyl (C=O) groups is 2. The Morgan fingerprint density at radius 2 is 2.25 bits per heavy atom. The number of carboxylic acids is 1. The third-order valence-electron chi connectivity index (χ3n) is 4.06. The maximum absolute atomic E-state index is 12.6. The van der Waals surface area contributed by atoms with Crippen molar-refractivity contribution in [2.45, 2.75) is 38.3 Å². The van der Waals surface area contributed by atoms with E-state index in [4.69, 9.17) is 5.11 Å². The molecule has 0 saturated heterocycles. The van der Waals surface area contributed by atoms with Crippen molar-refractivity contribution in [3.63, 3.8) is 0 Å². The molecule has 6 heteroatoms. The number of aliphatic carboxylic acids is 1. The van der Waals surface area contributed by atoms with Gasteiger partial charge in [0, 0.05) is 17.5 Å². The molecule has 2 heterocycles. The summed E-state index contributed by atoms with van der Waals surface area (Å²) in [6, 6.07) is 2.10. The van der Waals surface area contributed by atoms with Crippen molar-refractivity contribution in [3.05, 3.63) is 21.9 Å². The van der Waals surface area contributed by atoms with E-state index in [-0.39, 0.29) is 24.7 Å². The van der Waals surface area contributed by atoms with Gasteiger partial charge in [0.1, 0.15) is 6.54 Å². The number of rotatable bonds is 3. The third kappa shape index (κ3) is 2.40. The van der Waals surface area contributed by atoms with Crippen LogP contribution < -0.4 is 0 Å². The van der Waals surface area contributed by atoms with Gasteiger partial charge in [-0.2, -0.15) is 0 Å². The highest BCUT2D eigenvalue weighted by Crippen LogP contribution is 2.35. The van der Waals surface area contributed by atoms with Crippen LogP contribution >= 0.6 is 11.3 Å². The largest absolute Gasteiger partial charge is 0.480 e. The molecule has 0 radical (unpaired) electrons. The summed E-state index contributed by atoms with van der Waals surface area (Å²) in [7, 11) is 0. The minimum Gasteiger partial charge on any atom is -0.480 e. The lowest BCUT2D eigenvalue weighted by molar-refractivity contribution is -0.137. The Bertz CT molecular complexity index is 538. The average Bonchev–Trinajstić information content (AvgIpc) is 3.13. The maximum atomic E-state index is 12.6. The molecule has 1 fully saturated rings. The van der Waals surface area contributed by atoms with Crippen LogP contribution in [0.25, 0.3) is 0 Å². The molecule has 0 bridgehead atoms. The number of carbonyl (C=O) groups excluding carboxylic acids is 1. The van der Waals surface area contributed by atoms with E-state index < -0.39 is 5.97 Å². The molecule has 5 nitrogen and oxygen atoms in total. The highest BCUT2D eigenvalue weighted by Gasteiger charge is 2.38. The molecule has 20 heavy (non-hydrogen) atoms. The van der Waals surface area contributed by atoms with Crippen molar-refractivity contribution < 1.29 is 14.7 Å². The molecule has 1 N–H and O–H groups in total. The van der Waals surface area contributed by atoms with Gasteiger partial charge >= 0.3 is 12.0 Å². The minimum absolute atomic E-state index is 0.0348. The smallest absolute Gasteiger partial charge is 0.323 e. The fourth-order valence-corrected chi connectivity index (χ4v) is 3.78. The topological polar surface area (TPSA) is 60.9 Å². The van der Waals surface area contributed by atoms with Crippen LogP contribution in [0.5, 0.6) is 0 Å². The Hall–Kier alpha value is -1.56. The molecule has 1 aromatic rings. The molecule has 1 saturated carbocycles. The molecule has 1 unspecified atom stereocenters. The highest BCUT2D eigenvalue weighted by atomic mass is 32.1. The number of hydrogen-bond donors (Lipinski definition) is 1. The molecule has 1 atom stereocenters. The van der Waals surface area contributed by atoms with Crippen LogP contribution in [0, 0.1) is 0 Å². The summed E-state index contributed by atoms with van der Waals surface area (Å²) in [6.45, 7) is 2.51. The van der Waals surface area contributed by atoms with Crippen LogP contribution in [0.1, 0.15) is 36.2 Å². The summed E-state index contributed by atoms with van der Waals surface area (Å²) in [5, 5.41) is 11.0. The number of amides is 2. The van der Waals surface area contributed by atoms with E-state index in [9.17, 15) is 9.59 Å². The molecule has 1 aliphatic carbocycles. The summed E-state index contributed by atoms with van der Waals surface area (Å²) >= 11 is 1.73. The molecular weight excluding hydrogens is 276 g/mol. The first-order valence-electron chi connectivity index (χ1n) is 6.93. The fourth-order valence-electron chi connectivity index (χ4n) is 2.82. The van der Waals surface area contributed by atoms with Crippen molar-refractivity contribution >= 4 is 23.3 Å². The number of urea groups is 1. The summed E-state index contributed by atoms with van der Waals surface area (Å²) in [4.78, 5) is 28.3. The molecule has 1 aliphatic heterocycles. The van der Waals surface area contributed by atoms with Gasteiger partial charge in [-0.05, 0) is 43.2 Å². The standard InChI is InChI=1S/C14H18N2O3S/c1-9-11-5-7-20-12(11)4-6-15(9)14(19)16(8-13(17)18)10-2-3-10/h5,7,9-10H,2-4,6,8H2,1H3,(H,17,18). The lowest BCUT2D eigenvalue weighted by atomic mass is 10.0.